The van der Waals surface area contributed by atoms with Crippen LogP contribution in [0.4, 0.5) is 0 Å². The summed E-state index contributed by atoms with van der Waals surface area (Å²) in [7, 11) is 0. The molecule has 23 heavy (non-hydrogen) atoms. The predicted molar refractivity (Wildman–Crippen MR) is 88.8 cm³/mol. The Morgan fingerprint density at radius 3 is 2.52 bits per heavy atom. The van der Waals surface area contributed by atoms with E-state index in [0.717, 1.165) is 36.1 Å². The van der Waals surface area contributed by atoms with Gasteiger partial charge in [0.05, 0.1) is 0 Å². The molecule has 1 saturated carbocycles. The van der Waals surface area contributed by atoms with Gasteiger partial charge in [-0.05, 0) is 61.1 Å². The summed E-state index contributed by atoms with van der Waals surface area (Å²) in [5.74, 6) is 2.08. The summed E-state index contributed by atoms with van der Waals surface area (Å²) in [5, 5.41) is 19.4. The summed E-state index contributed by atoms with van der Waals surface area (Å²) in [6.07, 6.45) is 2.97. The second-order valence-corrected chi connectivity index (χ2v) is 6.62. The predicted octanol–water partition coefficient (Wildman–Crippen LogP) is 4.67. The summed E-state index contributed by atoms with van der Waals surface area (Å²) >= 11 is 0. The van der Waals surface area contributed by atoms with Crippen LogP contribution in [0.15, 0.2) is 54.6 Å². The molecule has 3 atom stereocenters. The van der Waals surface area contributed by atoms with Gasteiger partial charge in [0, 0.05) is 11.5 Å². The minimum Gasteiger partial charge on any atom is -0.508 e. The topological polar surface area (TPSA) is 49.7 Å². The van der Waals surface area contributed by atoms with Crippen LogP contribution in [-0.2, 0) is 0 Å². The van der Waals surface area contributed by atoms with E-state index in [1.54, 1.807) is 18.2 Å². The Labute approximate surface area is 135 Å². The van der Waals surface area contributed by atoms with Crippen molar-refractivity contribution in [1.29, 1.82) is 0 Å². The summed E-state index contributed by atoms with van der Waals surface area (Å²) in [4.78, 5) is 0. The average molecular weight is 308 g/mol. The maximum absolute atomic E-state index is 9.85. The first-order valence-electron chi connectivity index (χ1n) is 8.07. The van der Waals surface area contributed by atoms with E-state index >= 15 is 0 Å². The molecule has 0 radical (unpaired) electrons. The van der Waals surface area contributed by atoms with E-state index in [1.807, 2.05) is 24.3 Å². The van der Waals surface area contributed by atoms with Crippen LogP contribution in [0.1, 0.15) is 42.4 Å². The van der Waals surface area contributed by atoms with Gasteiger partial charge >= 0.3 is 0 Å². The SMILES string of the molecule is C=C1CCC2C(C1)c1cc(O)ccc1OC2c1ccc(O)cc1. The molecular weight excluding hydrogens is 288 g/mol. The van der Waals surface area contributed by atoms with Gasteiger partial charge in [-0.3, -0.25) is 0 Å². The van der Waals surface area contributed by atoms with Gasteiger partial charge in [-0.2, -0.15) is 0 Å². The Hall–Kier alpha value is -2.42. The molecule has 2 N–H and O–H groups in total. The number of hydrogen-bond acceptors (Lipinski definition) is 3. The standard InChI is InChI=1S/C20H20O3/c1-12-2-8-16-17(10-12)18-11-15(22)7-9-19(18)23-20(16)13-3-5-14(21)6-4-13/h3-7,9,11,16-17,20-22H,1-2,8,10H2. The number of benzene rings is 2. The number of rotatable bonds is 1. The number of fused-ring (bicyclic) bond motifs is 3. The summed E-state index contributed by atoms with van der Waals surface area (Å²) in [5.41, 5.74) is 3.45. The summed E-state index contributed by atoms with van der Waals surface area (Å²) < 4.78 is 6.30. The largest absolute Gasteiger partial charge is 0.508 e. The molecule has 118 valence electrons. The molecule has 0 spiro atoms. The lowest BCUT2D eigenvalue weighted by Gasteiger charge is -2.43. The average Bonchev–Trinajstić information content (AvgIpc) is 2.55. The Morgan fingerprint density at radius 2 is 1.74 bits per heavy atom. The van der Waals surface area contributed by atoms with E-state index in [1.165, 1.54) is 5.57 Å². The van der Waals surface area contributed by atoms with Crippen LogP contribution in [-0.4, -0.2) is 10.2 Å². The van der Waals surface area contributed by atoms with Crippen molar-refractivity contribution >= 4 is 0 Å². The van der Waals surface area contributed by atoms with Crippen LogP contribution in [0.3, 0.4) is 0 Å². The first-order chi connectivity index (χ1) is 11.1. The number of hydrogen-bond donors (Lipinski definition) is 2. The van der Waals surface area contributed by atoms with E-state index in [9.17, 15) is 10.2 Å². The molecule has 0 aromatic heterocycles. The van der Waals surface area contributed by atoms with Gasteiger partial charge in [-0.25, -0.2) is 0 Å². The molecule has 0 saturated heterocycles. The minimum absolute atomic E-state index is 0.0225. The molecule has 2 aliphatic rings. The van der Waals surface area contributed by atoms with Gasteiger partial charge in [-0.15, -0.1) is 0 Å². The third kappa shape index (κ3) is 2.46. The van der Waals surface area contributed by atoms with E-state index < -0.39 is 0 Å². The van der Waals surface area contributed by atoms with E-state index in [4.69, 9.17) is 4.74 Å². The molecule has 1 fully saturated rings. The zero-order valence-electron chi connectivity index (χ0n) is 12.9. The molecule has 1 aliphatic heterocycles. The minimum atomic E-state index is -0.0225. The zero-order chi connectivity index (χ0) is 16.0. The molecule has 4 rings (SSSR count). The summed E-state index contributed by atoms with van der Waals surface area (Å²) in [6.45, 7) is 4.17. The van der Waals surface area contributed by atoms with Crippen molar-refractivity contribution in [1.82, 2.24) is 0 Å². The number of aromatic hydroxyl groups is 2. The normalized spacial score (nSPS) is 26.1. The number of ether oxygens (including phenoxy) is 1. The Balaban J connectivity index is 1.78. The number of phenolic OH excluding ortho intramolecular Hbond substituents is 2. The van der Waals surface area contributed by atoms with Gasteiger partial charge in [-0.1, -0.05) is 24.3 Å². The van der Waals surface area contributed by atoms with Crippen LogP contribution in [0.5, 0.6) is 17.2 Å². The van der Waals surface area contributed by atoms with Crippen LogP contribution >= 0.6 is 0 Å². The zero-order valence-corrected chi connectivity index (χ0v) is 12.9. The Bertz CT molecular complexity index is 748. The lowest BCUT2D eigenvalue weighted by molar-refractivity contribution is 0.0771. The molecule has 3 nitrogen and oxygen atoms in total. The number of allylic oxidation sites excluding steroid dienone is 1. The van der Waals surface area contributed by atoms with Gasteiger partial charge in [0.1, 0.15) is 23.4 Å². The smallest absolute Gasteiger partial charge is 0.127 e. The first kappa shape index (κ1) is 14.2. The fourth-order valence-electron chi connectivity index (χ4n) is 3.98. The van der Waals surface area contributed by atoms with E-state index in [0.29, 0.717) is 11.8 Å². The maximum Gasteiger partial charge on any atom is 0.127 e. The fourth-order valence-corrected chi connectivity index (χ4v) is 3.98. The molecule has 1 aliphatic carbocycles. The molecule has 2 aromatic carbocycles. The third-order valence-corrected chi connectivity index (χ3v) is 5.11. The molecule has 3 heteroatoms. The van der Waals surface area contributed by atoms with Crippen molar-refractivity contribution in [3.63, 3.8) is 0 Å². The second kappa shape index (κ2) is 5.34. The highest BCUT2D eigenvalue weighted by molar-refractivity contribution is 5.46. The van der Waals surface area contributed by atoms with Gasteiger partial charge in [0.25, 0.3) is 0 Å². The van der Waals surface area contributed by atoms with Crippen molar-refractivity contribution < 1.29 is 14.9 Å². The Morgan fingerprint density at radius 1 is 1.00 bits per heavy atom. The lowest BCUT2D eigenvalue weighted by Crippen LogP contribution is -2.32. The molecular formula is C20H20O3. The van der Waals surface area contributed by atoms with Crippen molar-refractivity contribution in [3.05, 3.63) is 65.7 Å². The van der Waals surface area contributed by atoms with Crippen molar-refractivity contribution in [2.45, 2.75) is 31.3 Å². The molecule has 0 bridgehead atoms. The highest BCUT2D eigenvalue weighted by Gasteiger charge is 2.41. The van der Waals surface area contributed by atoms with Gasteiger partial charge in [0.2, 0.25) is 0 Å². The Kier molecular flexibility index (Phi) is 3.29. The molecule has 3 unspecified atom stereocenters. The first-order valence-corrected chi connectivity index (χ1v) is 8.07. The maximum atomic E-state index is 9.85. The highest BCUT2D eigenvalue weighted by atomic mass is 16.5. The molecule has 1 heterocycles. The molecule has 0 amide bonds. The molecule has 2 aromatic rings. The van der Waals surface area contributed by atoms with Crippen LogP contribution < -0.4 is 4.74 Å². The quantitative estimate of drug-likeness (QED) is 0.753. The highest BCUT2D eigenvalue weighted by Crippen LogP contribution is 2.53. The van der Waals surface area contributed by atoms with E-state index in [-0.39, 0.29) is 17.6 Å². The lowest BCUT2D eigenvalue weighted by atomic mass is 9.68. The number of phenols is 2. The fraction of sp³-hybridized carbons (Fsp3) is 0.300. The van der Waals surface area contributed by atoms with Crippen LogP contribution in [0.25, 0.3) is 0 Å². The van der Waals surface area contributed by atoms with Crippen molar-refractivity contribution in [2.75, 3.05) is 0 Å². The monoisotopic (exact) mass is 308 g/mol. The van der Waals surface area contributed by atoms with Crippen LogP contribution in [0.2, 0.25) is 0 Å². The van der Waals surface area contributed by atoms with Gasteiger partial charge in [0.15, 0.2) is 0 Å². The van der Waals surface area contributed by atoms with Gasteiger partial charge < -0.3 is 14.9 Å². The third-order valence-electron chi connectivity index (χ3n) is 5.11. The second-order valence-electron chi connectivity index (χ2n) is 6.62. The van der Waals surface area contributed by atoms with Crippen molar-refractivity contribution in [2.24, 2.45) is 5.92 Å². The summed E-state index contributed by atoms with van der Waals surface area (Å²) in [6, 6.07) is 12.6. The van der Waals surface area contributed by atoms with Crippen LogP contribution in [0, 0.1) is 5.92 Å². The van der Waals surface area contributed by atoms with Crippen molar-refractivity contribution in [3.8, 4) is 17.2 Å². The van der Waals surface area contributed by atoms with E-state index in [2.05, 4.69) is 6.58 Å².